The molecule has 1 heterocycles. The molecule has 1 aromatic carbocycles. The fraction of sp³-hybridized carbons (Fsp3) is 0.286. The first-order chi connectivity index (χ1) is 9.09. The van der Waals surface area contributed by atoms with Gasteiger partial charge >= 0.3 is 0 Å². The van der Waals surface area contributed by atoms with E-state index < -0.39 is 12.0 Å². The number of aryl methyl sites for hydroxylation is 2. The van der Waals surface area contributed by atoms with E-state index in [9.17, 15) is 9.90 Å². The molecular weight excluding hydrogens is 242 g/mol. The molecule has 1 aromatic heterocycles. The van der Waals surface area contributed by atoms with Crippen molar-refractivity contribution in [1.82, 2.24) is 15.5 Å². The maximum Gasteiger partial charge on any atom is 0.253 e. The minimum atomic E-state index is -1.14. The molecule has 0 saturated heterocycles. The van der Waals surface area contributed by atoms with E-state index >= 15 is 0 Å². The second-order valence-electron chi connectivity index (χ2n) is 4.44. The van der Waals surface area contributed by atoms with Crippen LogP contribution in [0.1, 0.15) is 28.6 Å². The van der Waals surface area contributed by atoms with Crippen molar-refractivity contribution in [2.75, 3.05) is 0 Å². The van der Waals surface area contributed by atoms with Gasteiger partial charge in [-0.2, -0.15) is 5.10 Å². The third-order valence-corrected chi connectivity index (χ3v) is 3.08. The molecule has 0 unspecified atom stereocenters. The lowest BCUT2D eigenvalue weighted by Crippen LogP contribution is -2.29. The van der Waals surface area contributed by atoms with E-state index in [2.05, 4.69) is 15.5 Å². The second-order valence-corrected chi connectivity index (χ2v) is 4.44. The van der Waals surface area contributed by atoms with Crippen LogP contribution in [0, 0.1) is 13.8 Å². The van der Waals surface area contributed by atoms with Crippen LogP contribution in [0.2, 0.25) is 0 Å². The molecule has 19 heavy (non-hydrogen) atoms. The molecule has 0 bridgehead atoms. The first-order valence-corrected chi connectivity index (χ1v) is 6.10. The highest BCUT2D eigenvalue weighted by Crippen LogP contribution is 2.13. The number of hydrogen-bond acceptors (Lipinski definition) is 3. The summed E-state index contributed by atoms with van der Waals surface area (Å²) in [5, 5.41) is 19.6. The highest BCUT2D eigenvalue weighted by atomic mass is 16.3. The van der Waals surface area contributed by atoms with Gasteiger partial charge in [-0.1, -0.05) is 30.3 Å². The molecule has 3 N–H and O–H groups in total. The Labute approximate surface area is 111 Å². The summed E-state index contributed by atoms with van der Waals surface area (Å²) in [6.07, 6.45) is -1.14. The standard InChI is InChI=1S/C14H17N3O2/c1-9-12(10(2)17-16-9)8-15-14(19)13(18)11-6-4-3-5-7-11/h3-7,13,18H,8H2,1-2H3,(H,15,19)(H,16,17)/t13-/m1/s1. The molecule has 0 aliphatic carbocycles. The van der Waals surface area contributed by atoms with Crippen molar-refractivity contribution in [3.8, 4) is 0 Å². The van der Waals surface area contributed by atoms with Gasteiger partial charge in [0.1, 0.15) is 0 Å². The second kappa shape index (κ2) is 5.67. The number of hydrogen-bond donors (Lipinski definition) is 3. The largest absolute Gasteiger partial charge is 0.378 e. The van der Waals surface area contributed by atoms with Gasteiger partial charge in [-0.05, 0) is 19.4 Å². The summed E-state index contributed by atoms with van der Waals surface area (Å²) in [5.74, 6) is -0.411. The Morgan fingerprint density at radius 1 is 1.37 bits per heavy atom. The number of nitrogens with zero attached hydrogens (tertiary/aromatic N) is 1. The fourth-order valence-electron chi connectivity index (χ4n) is 1.89. The summed E-state index contributed by atoms with van der Waals surface area (Å²) in [7, 11) is 0. The normalized spacial score (nSPS) is 12.2. The van der Waals surface area contributed by atoms with Crippen LogP contribution in [-0.4, -0.2) is 21.2 Å². The van der Waals surface area contributed by atoms with Crippen LogP contribution in [0.25, 0.3) is 0 Å². The van der Waals surface area contributed by atoms with Gasteiger partial charge < -0.3 is 10.4 Å². The SMILES string of the molecule is Cc1n[nH]c(C)c1CNC(=O)[C@H](O)c1ccccc1. The Balaban J connectivity index is 1.99. The summed E-state index contributed by atoms with van der Waals surface area (Å²) in [5.41, 5.74) is 3.31. The number of aliphatic hydroxyl groups is 1. The molecule has 1 atom stereocenters. The molecule has 2 rings (SSSR count). The zero-order valence-corrected chi connectivity index (χ0v) is 11.0. The highest BCUT2D eigenvalue weighted by Gasteiger charge is 2.17. The van der Waals surface area contributed by atoms with Gasteiger partial charge in [-0.15, -0.1) is 0 Å². The number of aromatic amines is 1. The zero-order chi connectivity index (χ0) is 13.8. The molecule has 5 heteroatoms. The number of nitrogens with one attached hydrogen (secondary N) is 2. The number of benzene rings is 1. The van der Waals surface area contributed by atoms with Gasteiger partial charge in [0, 0.05) is 17.8 Å². The predicted octanol–water partition coefficient (Wildman–Crippen LogP) is 1.38. The average Bonchev–Trinajstić information content (AvgIpc) is 2.75. The first-order valence-electron chi connectivity index (χ1n) is 6.10. The molecule has 2 aromatic rings. The van der Waals surface area contributed by atoms with E-state index in [0.717, 1.165) is 17.0 Å². The first kappa shape index (κ1) is 13.3. The van der Waals surface area contributed by atoms with E-state index in [-0.39, 0.29) is 0 Å². The van der Waals surface area contributed by atoms with Gasteiger partial charge in [0.2, 0.25) is 0 Å². The van der Waals surface area contributed by atoms with Crippen LogP contribution in [-0.2, 0) is 11.3 Å². The summed E-state index contributed by atoms with van der Waals surface area (Å²) in [6, 6.07) is 8.86. The van der Waals surface area contributed by atoms with Gasteiger partial charge in [-0.3, -0.25) is 9.89 Å². The highest BCUT2D eigenvalue weighted by molar-refractivity contribution is 5.81. The van der Waals surface area contributed by atoms with Crippen molar-refractivity contribution in [1.29, 1.82) is 0 Å². The van der Waals surface area contributed by atoms with Crippen molar-refractivity contribution in [2.24, 2.45) is 0 Å². The third kappa shape index (κ3) is 3.00. The number of carbonyl (C=O) groups excluding carboxylic acids is 1. The molecule has 1 amide bonds. The van der Waals surface area contributed by atoms with Crippen LogP contribution >= 0.6 is 0 Å². The van der Waals surface area contributed by atoms with Crippen LogP contribution in [0.4, 0.5) is 0 Å². The minimum absolute atomic E-state index is 0.358. The molecule has 0 spiro atoms. The lowest BCUT2D eigenvalue weighted by molar-refractivity contribution is -0.129. The van der Waals surface area contributed by atoms with Gasteiger partial charge in [0.05, 0.1) is 5.69 Å². The quantitative estimate of drug-likeness (QED) is 0.776. The van der Waals surface area contributed by atoms with Crippen molar-refractivity contribution >= 4 is 5.91 Å². The Morgan fingerprint density at radius 2 is 2.05 bits per heavy atom. The summed E-state index contributed by atoms with van der Waals surface area (Å²) < 4.78 is 0. The van der Waals surface area contributed by atoms with E-state index in [1.54, 1.807) is 24.3 Å². The van der Waals surface area contributed by atoms with E-state index in [1.165, 1.54) is 0 Å². The topological polar surface area (TPSA) is 78.0 Å². The van der Waals surface area contributed by atoms with Crippen molar-refractivity contribution in [3.05, 3.63) is 52.8 Å². The van der Waals surface area contributed by atoms with E-state index in [0.29, 0.717) is 12.1 Å². The monoisotopic (exact) mass is 259 g/mol. The van der Waals surface area contributed by atoms with Gasteiger partial charge in [0.15, 0.2) is 6.10 Å². The third-order valence-electron chi connectivity index (χ3n) is 3.08. The van der Waals surface area contributed by atoms with E-state index in [4.69, 9.17) is 0 Å². The zero-order valence-electron chi connectivity index (χ0n) is 11.0. The number of aromatic nitrogens is 2. The molecule has 0 saturated carbocycles. The number of amides is 1. The Bertz CT molecular complexity index is 544. The number of aliphatic hydroxyl groups excluding tert-OH is 1. The Morgan fingerprint density at radius 3 is 2.63 bits per heavy atom. The molecule has 0 fully saturated rings. The fourth-order valence-corrected chi connectivity index (χ4v) is 1.89. The number of carbonyl (C=O) groups is 1. The van der Waals surface area contributed by atoms with Crippen LogP contribution in [0.15, 0.2) is 30.3 Å². The van der Waals surface area contributed by atoms with Gasteiger partial charge in [-0.25, -0.2) is 0 Å². The smallest absolute Gasteiger partial charge is 0.253 e. The van der Waals surface area contributed by atoms with Crippen molar-refractivity contribution in [3.63, 3.8) is 0 Å². The van der Waals surface area contributed by atoms with Crippen molar-refractivity contribution < 1.29 is 9.90 Å². The molecular formula is C14H17N3O2. The molecule has 0 radical (unpaired) electrons. The molecule has 100 valence electrons. The molecule has 5 nitrogen and oxygen atoms in total. The van der Waals surface area contributed by atoms with E-state index in [1.807, 2.05) is 19.9 Å². The number of H-pyrrole nitrogens is 1. The molecule has 0 aliphatic rings. The van der Waals surface area contributed by atoms with Crippen molar-refractivity contribution in [2.45, 2.75) is 26.5 Å². The average molecular weight is 259 g/mol. The minimum Gasteiger partial charge on any atom is -0.378 e. The Kier molecular flexibility index (Phi) is 3.97. The predicted molar refractivity (Wildman–Crippen MR) is 71.3 cm³/mol. The van der Waals surface area contributed by atoms with Crippen LogP contribution < -0.4 is 5.32 Å². The maximum atomic E-state index is 11.9. The van der Waals surface area contributed by atoms with Crippen LogP contribution in [0.3, 0.4) is 0 Å². The maximum absolute atomic E-state index is 11.9. The Hall–Kier alpha value is -2.14. The summed E-state index contributed by atoms with van der Waals surface area (Å²) in [6.45, 7) is 4.13. The lowest BCUT2D eigenvalue weighted by atomic mass is 10.1. The summed E-state index contributed by atoms with van der Waals surface area (Å²) >= 11 is 0. The summed E-state index contributed by atoms with van der Waals surface area (Å²) in [4.78, 5) is 11.9. The van der Waals surface area contributed by atoms with Crippen LogP contribution in [0.5, 0.6) is 0 Å². The van der Waals surface area contributed by atoms with Gasteiger partial charge in [0.25, 0.3) is 5.91 Å². The lowest BCUT2D eigenvalue weighted by Gasteiger charge is -2.11. The molecule has 0 aliphatic heterocycles. The number of rotatable bonds is 4.